The van der Waals surface area contributed by atoms with E-state index in [2.05, 4.69) is 15.9 Å². The number of carbonyl (C=O) groups excluding carboxylic acids is 2. The van der Waals surface area contributed by atoms with Crippen LogP contribution in [0, 0.1) is 6.92 Å². The zero-order valence-corrected chi connectivity index (χ0v) is 10.4. The summed E-state index contributed by atoms with van der Waals surface area (Å²) in [6, 6.07) is 3.80. The Hall–Kier alpha value is -1.16. The van der Waals surface area contributed by atoms with Gasteiger partial charge in [-0.2, -0.15) is 0 Å². The van der Waals surface area contributed by atoms with Crippen molar-refractivity contribution in [3.63, 3.8) is 0 Å². The van der Waals surface area contributed by atoms with Gasteiger partial charge in [0.1, 0.15) is 0 Å². The number of Topliss-reactive ketones (excluding diaryl/α,β-unsaturated/α-hetero) is 1. The third-order valence-corrected chi connectivity index (χ3v) is 4.03. The minimum absolute atomic E-state index is 0.241. The molecule has 3 nitrogen and oxygen atoms in total. The van der Waals surface area contributed by atoms with Gasteiger partial charge in [-0.05, 0) is 37.5 Å². The minimum Gasteiger partial charge on any atom is -0.301 e. The smallest absolute Gasteiger partial charge is 0.299 e. The molecule has 1 saturated carbocycles. The summed E-state index contributed by atoms with van der Waals surface area (Å²) in [5.74, 6) is -0.726. The van der Waals surface area contributed by atoms with Crippen LogP contribution in [-0.4, -0.2) is 17.7 Å². The number of hydrogen-bond donors (Lipinski definition) is 0. The van der Waals surface area contributed by atoms with E-state index in [1.54, 1.807) is 11.0 Å². The number of carbonyl (C=O) groups is 2. The van der Waals surface area contributed by atoms with E-state index in [9.17, 15) is 9.59 Å². The summed E-state index contributed by atoms with van der Waals surface area (Å²) in [5.41, 5.74) is 2.34. The Labute approximate surface area is 102 Å². The van der Waals surface area contributed by atoms with Gasteiger partial charge < -0.3 is 4.90 Å². The molecular weight excluding hydrogens is 270 g/mol. The molecule has 0 saturated heterocycles. The van der Waals surface area contributed by atoms with Gasteiger partial charge in [0.25, 0.3) is 11.7 Å². The van der Waals surface area contributed by atoms with Gasteiger partial charge in [0.2, 0.25) is 0 Å². The van der Waals surface area contributed by atoms with E-state index in [1.165, 1.54) is 0 Å². The largest absolute Gasteiger partial charge is 0.301 e. The SMILES string of the molecule is Cc1c(Br)ccc2c1N(C1CC1)C(=O)C2=O. The summed E-state index contributed by atoms with van der Waals surface area (Å²) in [4.78, 5) is 25.3. The van der Waals surface area contributed by atoms with Crippen LogP contribution in [-0.2, 0) is 4.79 Å². The molecule has 1 amide bonds. The quantitative estimate of drug-likeness (QED) is 0.741. The van der Waals surface area contributed by atoms with E-state index < -0.39 is 0 Å². The van der Waals surface area contributed by atoms with Gasteiger partial charge in [0.05, 0.1) is 11.3 Å². The normalized spacial score (nSPS) is 19.2. The predicted molar refractivity (Wildman–Crippen MR) is 63.7 cm³/mol. The zero-order valence-electron chi connectivity index (χ0n) is 8.79. The fourth-order valence-corrected chi connectivity index (χ4v) is 2.50. The topological polar surface area (TPSA) is 37.4 Å². The van der Waals surface area contributed by atoms with E-state index in [0.29, 0.717) is 5.56 Å². The van der Waals surface area contributed by atoms with E-state index >= 15 is 0 Å². The number of ketones is 1. The van der Waals surface area contributed by atoms with E-state index in [-0.39, 0.29) is 17.7 Å². The van der Waals surface area contributed by atoms with Crippen LogP contribution in [0.15, 0.2) is 16.6 Å². The molecule has 0 bridgehead atoms. The van der Waals surface area contributed by atoms with Crippen molar-refractivity contribution in [1.82, 2.24) is 0 Å². The van der Waals surface area contributed by atoms with Crippen LogP contribution >= 0.6 is 15.9 Å². The molecule has 0 aromatic heterocycles. The predicted octanol–water partition coefficient (Wildman–Crippen LogP) is 2.45. The number of benzene rings is 1. The van der Waals surface area contributed by atoms with Gasteiger partial charge >= 0.3 is 0 Å². The summed E-state index contributed by atoms with van der Waals surface area (Å²) in [5, 5.41) is 0. The molecule has 0 radical (unpaired) electrons. The first-order valence-electron chi connectivity index (χ1n) is 5.28. The molecule has 1 heterocycles. The lowest BCUT2D eigenvalue weighted by Crippen LogP contribution is -2.32. The van der Waals surface area contributed by atoms with Crippen molar-refractivity contribution in [1.29, 1.82) is 0 Å². The summed E-state index contributed by atoms with van der Waals surface area (Å²) in [6.07, 6.45) is 2.01. The molecule has 1 aliphatic heterocycles. The van der Waals surface area contributed by atoms with Gasteiger partial charge in [0, 0.05) is 10.5 Å². The highest BCUT2D eigenvalue weighted by molar-refractivity contribution is 9.10. The zero-order chi connectivity index (χ0) is 11.4. The first kappa shape index (κ1) is 10.0. The Morgan fingerprint density at radius 2 is 2.00 bits per heavy atom. The maximum atomic E-state index is 11.9. The summed E-state index contributed by atoms with van der Waals surface area (Å²) >= 11 is 3.44. The molecule has 0 atom stereocenters. The molecule has 4 heteroatoms. The van der Waals surface area contributed by atoms with E-state index in [1.807, 2.05) is 13.0 Å². The fourth-order valence-electron chi connectivity index (χ4n) is 2.18. The van der Waals surface area contributed by atoms with Crippen molar-refractivity contribution < 1.29 is 9.59 Å². The van der Waals surface area contributed by atoms with Crippen LogP contribution in [0.3, 0.4) is 0 Å². The molecule has 1 aliphatic carbocycles. The molecule has 16 heavy (non-hydrogen) atoms. The molecule has 0 unspecified atom stereocenters. The second-order valence-electron chi connectivity index (χ2n) is 4.30. The van der Waals surface area contributed by atoms with Gasteiger partial charge in [-0.3, -0.25) is 9.59 Å². The number of anilines is 1. The Morgan fingerprint density at radius 3 is 2.62 bits per heavy atom. The lowest BCUT2D eigenvalue weighted by atomic mass is 10.1. The highest BCUT2D eigenvalue weighted by Crippen LogP contribution is 2.42. The summed E-state index contributed by atoms with van der Waals surface area (Å²) in [7, 11) is 0. The van der Waals surface area contributed by atoms with Crippen LogP contribution in [0.5, 0.6) is 0 Å². The van der Waals surface area contributed by atoms with Gasteiger partial charge in [-0.25, -0.2) is 0 Å². The van der Waals surface area contributed by atoms with Crippen LogP contribution < -0.4 is 4.90 Å². The van der Waals surface area contributed by atoms with E-state index in [4.69, 9.17) is 0 Å². The van der Waals surface area contributed by atoms with Crippen LogP contribution in [0.4, 0.5) is 5.69 Å². The van der Waals surface area contributed by atoms with E-state index in [0.717, 1.165) is 28.6 Å². The van der Waals surface area contributed by atoms with Crippen LogP contribution in [0.1, 0.15) is 28.8 Å². The van der Waals surface area contributed by atoms with Crippen molar-refractivity contribution in [2.75, 3.05) is 4.90 Å². The van der Waals surface area contributed by atoms with Crippen molar-refractivity contribution in [2.24, 2.45) is 0 Å². The van der Waals surface area contributed by atoms with Crippen molar-refractivity contribution in [3.8, 4) is 0 Å². The molecule has 2 aliphatic rings. The number of fused-ring (bicyclic) bond motifs is 1. The number of amides is 1. The number of hydrogen-bond acceptors (Lipinski definition) is 2. The lowest BCUT2D eigenvalue weighted by molar-refractivity contribution is -0.114. The third-order valence-electron chi connectivity index (χ3n) is 3.18. The second kappa shape index (κ2) is 3.17. The van der Waals surface area contributed by atoms with Crippen LogP contribution in [0.2, 0.25) is 0 Å². The summed E-state index contributed by atoms with van der Waals surface area (Å²) in [6.45, 7) is 1.93. The maximum Gasteiger partial charge on any atom is 0.299 e. The van der Waals surface area contributed by atoms with Crippen molar-refractivity contribution in [3.05, 3.63) is 27.7 Å². The molecule has 1 aromatic rings. The molecule has 0 N–H and O–H groups in total. The van der Waals surface area contributed by atoms with Crippen molar-refractivity contribution >= 4 is 33.3 Å². The Morgan fingerprint density at radius 1 is 1.31 bits per heavy atom. The maximum absolute atomic E-state index is 11.9. The number of rotatable bonds is 1. The molecule has 3 rings (SSSR count). The molecule has 0 spiro atoms. The molecule has 1 fully saturated rings. The third kappa shape index (κ3) is 1.19. The first-order valence-corrected chi connectivity index (χ1v) is 6.07. The average molecular weight is 280 g/mol. The Bertz CT molecular complexity index is 520. The van der Waals surface area contributed by atoms with Crippen molar-refractivity contribution in [2.45, 2.75) is 25.8 Å². The highest BCUT2D eigenvalue weighted by Gasteiger charge is 2.44. The van der Waals surface area contributed by atoms with Crippen LogP contribution in [0.25, 0.3) is 0 Å². The van der Waals surface area contributed by atoms with Gasteiger partial charge in [-0.1, -0.05) is 15.9 Å². The molecular formula is C12H10BrNO2. The van der Waals surface area contributed by atoms with Gasteiger partial charge in [-0.15, -0.1) is 0 Å². The lowest BCUT2D eigenvalue weighted by Gasteiger charge is -2.18. The highest BCUT2D eigenvalue weighted by atomic mass is 79.9. The Balaban J connectivity index is 2.24. The standard InChI is InChI=1S/C12H10BrNO2/c1-6-9(13)5-4-8-10(6)14(7-2-3-7)12(16)11(8)15/h4-5,7H,2-3H2,1H3. The Kier molecular flexibility index (Phi) is 1.98. The average Bonchev–Trinajstić information content (AvgIpc) is 3.04. The first-order chi connectivity index (χ1) is 7.61. The number of nitrogens with zero attached hydrogens (tertiary/aromatic N) is 1. The minimum atomic E-state index is -0.363. The van der Waals surface area contributed by atoms with Gasteiger partial charge in [0.15, 0.2) is 0 Å². The number of halogens is 1. The molecule has 82 valence electrons. The summed E-state index contributed by atoms with van der Waals surface area (Å²) < 4.78 is 0.944. The fraction of sp³-hybridized carbons (Fsp3) is 0.333. The molecule has 1 aromatic carbocycles. The second-order valence-corrected chi connectivity index (χ2v) is 5.16. The monoisotopic (exact) mass is 279 g/mol.